The minimum absolute atomic E-state index is 0.118. The van der Waals surface area contributed by atoms with E-state index in [1.54, 1.807) is 48.5 Å². The highest BCUT2D eigenvalue weighted by molar-refractivity contribution is 8.18. The van der Waals surface area contributed by atoms with Gasteiger partial charge in [0.1, 0.15) is 19.0 Å². The molecular formula is C26H18Cl2N2O4S. The number of benzene rings is 3. The normalized spacial score (nSPS) is 14.3. The van der Waals surface area contributed by atoms with Crippen LogP contribution in [0, 0.1) is 11.3 Å². The Morgan fingerprint density at radius 3 is 2.37 bits per heavy atom. The molecule has 2 amide bonds. The number of amides is 2. The van der Waals surface area contributed by atoms with Gasteiger partial charge in [0.2, 0.25) is 0 Å². The molecule has 3 aromatic carbocycles. The monoisotopic (exact) mass is 524 g/mol. The fourth-order valence-corrected chi connectivity index (χ4v) is 4.80. The third-order valence-corrected chi connectivity index (χ3v) is 6.50. The van der Waals surface area contributed by atoms with Crippen molar-refractivity contribution in [1.29, 1.82) is 5.26 Å². The van der Waals surface area contributed by atoms with E-state index in [0.717, 1.165) is 16.7 Å². The lowest BCUT2D eigenvalue weighted by molar-refractivity contribution is -0.123. The Morgan fingerprint density at radius 2 is 1.66 bits per heavy atom. The molecule has 4 rings (SSSR count). The Kier molecular flexibility index (Phi) is 7.98. The Balaban J connectivity index is 1.43. The van der Waals surface area contributed by atoms with Crippen LogP contribution in [0.25, 0.3) is 6.08 Å². The van der Waals surface area contributed by atoms with Gasteiger partial charge in [0.05, 0.1) is 33.1 Å². The molecule has 0 aliphatic carbocycles. The molecule has 0 aromatic heterocycles. The first-order valence-electron chi connectivity index (χ1n) is 10.5. The molecule has 0 saturated carbocycles. The predicted molar refractivity (Wildman–Crippen MR) is 137 cm³/mol. The van der Waals surface area contributed by atoms with Crippen molar-refractivity contribution in [2.45, 2.75) is 6.61 Å². The van der Waals surface area contributed by atoms with E-state index in [0.29, 0.717) is 22.4 Å². The van der Waals surface area contributed by atoms with E-state index in [1.165, 1.54) is 0 Å². The lowest BCUT2D eigenvalue weighted by Crippen LogP contribution is -2.32. The smallest absolute Gasteiger partial charge is 0.293 e. The highest BCUT2D eigenvalue weighted by Crippen LogP contribution is 2.38. The van der Waals surface area contributed by atoms with Crippen LogP contribution in [0.15, 0.2) is 71.6 Å². The quantitative estimate of drug-likeness (QED) is 0.310. The molecule has 3 aromatic rings. The zero-order valence-electron chi connectivity index (χ0n) is 18.2. The molecule has 0 unspecified atom stereocenters. The summed E-state index contributed by atoms with van der Waals surface area (Å²) >= 11 is 13.6. The van der Waals surface area contributed by atoms with Crippen LogP contribution in [0.2, 0.25) is 10.0 Å². The van der Waals surface area contributed by atoms with Crippen LogP contribution >= 0.6 is 35.0 Å². The van der Waals surface area contributed by atoms with Gasteiger partial charge in [0, 0.05) is 5.56 Å². The van der Waals surface area contributed by atoms with Gasteiger partial charge < -0.3 is 9.47 Å². The van der Waals surface area contributed by atoms with Gasteiger partial charge >= 0.3 is 0 Å². The number of carbonyl (C=O) groups excluding carboxylic acids is 2. The molecule has 0 radical (unpaired) electrons. The number of carbonyl (C=O) groups is 2. The van der Waals surface area contributed by atoms with Crippen molar-refractivity contribution in [1.82, 2.24) is 4.90 Å². The summed E-state index contributed by atoms with van der Waals surface area (Å²) in [7, 11) is 0. The molecule has 0 spiro atoms. The van der Waals surface area contributed by atoms with E-state index in [4.69, 9.17) is 32.7 Å². The predicted octanol–water partition coefficient (Wildman–Crippen LogP) is 6.56. The van der Waals surface area contributed by atoms with Gasteiger partial charge in [-0.15, -0.1) is 0 Å². The third kappa shape index (κ3) is 5.98. The first-order chi connectivity index (χ1) is 17.0. The number of nitriles is 1. The second-order valence-corrected chi connectivity index (χ2v) is 9.17. The highest BCUT2D eigenvalue weighted by atomic mass is 35.5. The number of rotatable bonds is 8. The van der Waals surface area contributed by atoms with Crippen molar-refractivity contribution in [3.63, 3.8) is 0 Å². The molecule has 1 heterocycles. The van der Waals surface area contributed by atoms with Crippen molar-refractivity contribution < 1.29 is 19.1 Å². The molecule has 0 bridgehead atoms. The number of hydrogen-bond acceptors (Lipinski definition) is 6. The number of ether oxygens (including phenoxy) is 2. The number of nitrogens with zero attached hydrogens (tertiary/aromatic N) is 2. The molecule has 9 heteroatoms. The van der Waals surface area contributed by atoms with Gasteiger partial charge in [0.25, 0.3) is 11.1 Å². The van der Waals surface area contributed by atoms with Crippen LogP contribution in [-0.4, -0.2) is 29.2 Å². The summed E-state index contributed by atoms with van der Waals surface area (Å²) in [4.78, 5) is 26.5. The van der Waals surface area contributed by atoms with Gasteiger partial charge in [-0.25, -0.2) is 0 Å². The first kappa shape index (κ1) is 24.7. The summed E-state index contributed by atoms with van der Waals surface area (Å²) in [5.41, 5.74) is 1.76. The molecule has 1 aliphatic heterocycles. The Labute approximate surface area is 216 Å². The van der Waals surface area contributed by atoms with Crippen LogP contribution in [0.4, 0.5) is 4.79 Å². The fraction of sp³-hybridized carbons (Fsp3) is 0.115. The van der Waals surface area contributed by atoms with Crippen molar-refractivity contribution in [2.75, 3.05) is 13.2 Å². The maximum atomic E-state index is 12.8. The first-order valence-corrected chi connectivity index (χ1v) is 12.1. The number of imide groups is 1. The average Bonchev–Trinajstić information content (AvgIpc) is 3.11. The number of hydrogen-bond donors (Lipinski definition) is 0. The number of para-hydroxylation sites is 1. The van der Waals surface area contributed by atoms with Crippen molar-refractivity contribution in [2.24, 2.45) is 0 Å². The zero-order chi connectivity index (χ0) is 24.8. The third-order valence-electron chi connectivity index (χ3n) is 5.03. The SMILES string of the molecule is N#Cc1ccccc1COc1c(Cl)cc(/C=C2\SC(=O)N(CCOc3ccccc3)C2=O)cc1Cl. The van der Waals surface area contributed by atoms with Gasteiger partial charge in [-0.05, 0) is 53.7 Å². The number of thioether (sulfide) groups is 1. The van der Waals surface area contributed by atoms with Crippen molar-refractivity contribution in [3.05, 3.63) is 98.4 Å². The lowest BCUT2D eigenvalue weighted by Gasteiger charge is -2.13. The highest BCUT2D eigenvalue weighted by Gasteiger charge is 2.34. The van der Waals surface area contributed by atoms with E-state index in [9.17, 15) is 14.9 Å². The standard InChI is InChI=1S/C26H18Cl2N2O4S/c27-21-12-17(13-22(28)24(21)34-16-19-7-5-4-6-18(19)15-29)14-23-25(31)30(26(32)35-23)10-11-33-20-8-2-1-3-9-20/h1-9,12-14H,10-11,16H2/b23-14-. The Bertz CT molecular complexity index is 1320. The van der Waals surface area contributed by atoms with E-state index in [2.05, 4.69) is 6.07 Å². The maximum Gasteiger partial charge on any atom is 0.293 e. The molecule has 1 saturated heterocycles. The number of halogens is 2. The molecule has 176 valence electrons. The molecule has 0 N–H and O–H groups in total. The molecule has 1 fully saturated rings. The van der Waals surface area contributed by atoms with E-state index >= 15 is 0 Å². The second-order valence-electron chi connectivity index (χ2n) is 7.37. The molecule has 6 nitrogen and oxygen atoms in total. The average molecular weight is 525 g/mol. The summed E-state index contributed by atoms with van der Waals surface area (Å²) < 4.78 is 11.4. The summed E-state index contributed by atoms with van der Waals surface area (Å²) in [5, 5.41) is 9.35. The van der Waals surface area contributed by atoms with Crippen LogP contribution < -0.4 is 9.47 Å². The maximum absolute atomic E-state index is 12.8. The molecule has 35 heavy (non-hydrogen) atoms. The zero-order valence-corrected chi connectivity index (χ0v) is 20.6. The Hall–Kier alpha value is -3.44. The Morgan fingerprint density at radius 1 is 0.971 bits per heavy atom. The van der Waals surface area contributed by atoms with E-state index < -0.39 is 5.91 Å². The van der Waals surface area contributed by atoms with Gasteiger partial charge in [-0.1, -0.05) is 59.6 Å². The van der Waals surface area contributed by atoms with Crippen LogP contribution in [0.1, 0.15) is 16.7 Å². The van der Waals surface area contributed by atoms with Crippen LogP contribution in [0.5, 0.6) is 11.5 Å². The van der Waals surface area contributed by atoms with Gasteiger partial charge in [-0.2, -0.15) is 5.26 Å². The largest absolute Gasteiger partial charge is 0.492 e. The van der Waals surface area contributed by atoms with Gasteiger partial charge in [0.15, 0.2) is 5.75 Å². The minimum Gasteiger partial charge on any atom is -0.492 e. The summed E-state index contributed by atoms with van der Waals surface area (Å²) in [5.74, 6) is 0.527. The van der Waals surface area contributed by atoms with Crippen LogP contribution in [0.3, 0.4) is 0 Å². The summed E-state index contributed by atoms with van der Waals surface area (Å²) in [6.07, 6.45) is 1.56. The lowest BCUT2D eigenvalue weighted by atomic mass is 10.1. The van der Waals surface area contributed by atoms with E-state index in [-0.39, 0.29) is 45.7 Å². The summed E-state index contributed by atoms with van der Waals surface area (Å²) in [6.45, 7) is 0.440. The van der Waals surface area contributed by atoms with E-state index in [1.807, 2.05) is 24.3 Å². The minimum atomic E-state index is -0.405. The van der Waals surface area contributed by atoms with Gasteiger partial charge in [-0.3, -0.25) is 14.5 Å². The second kappa shape index (κ2) is 11.3. The molecule has 1 aliphatic rings. The molecular weight excluding hydrogens is 507 g/mol. The molecule has 0 atom stereocenters. The summed E-state index contributed by atoms with van der Waals surface area (Å²) in [6, 6.07) is 21.6. The van der Waals surface area contributed by atoms with Crippen LogP contribution in [-0.2, 0) is 11.4 Å². The fourth-order valence-electron chi connectivity index (χ4n) is 3.32. The topological polar surface area (TPSA) is 79.6 Å². The van der Waals surface area contributed by atoms with Crippen molar-refractivity contribution in [3.8, 4) is 17.6 Å². The van der Waals surface area contributed by atoms with Crippen molar-refractivity contribution >= 4 is 52.2 Å².